The first-order chi connectivity index (χ1) is 11.5. The maximum Gasteiger partial charge on any atom is 0.337 e. The highest BCUT2D eigenvalue weighted by Gasteiger charge is 2.31. The van der Waals surface area contributed by atoms with Crippen LogP contribution in [0.5, 0.6) is 0 Å². The van der Waals surface area contributed by atoms with Crippen LogP contribution in [0.1, 0.15) is 31.4 Å². The second-order valence-corrected chi connectivity index (χ2v) is 6.76. The molecule has 0 spiro atoms. The fraction of sp³-hybridized carbons (Fsp3) is 0.444. The molecule has 6 heteroatoms. The van der Waals surface area contributed by atoms with E-state index in [1.807, 2.05) is 6.92 Å². The van der Waals surface area contributed by atoms with E-state index in [0.717, 1.165) is 4.90 Å². The molecule has 0 saturated heterocycles. The topological polar surface area (TPSA) is 67.4 Å². The Kier molecular flexibility index (Phi) is 6.31. The molecule has 2 amide bonds. The van der Waals surface area contributed by atoms with Crippen molar-refractivity contribution in [3.8, 4) is 0 Å². The lowest BCUT2D eigenvalue weighted by Crippen LogP contribution is -2.50. The molecule has 0 unspecified atom stereocenters. The standard InChI is InChI=1S/C18H24N2O3S/c1-5-14-16(17(21)23-6-2)15(20-18(22)19-14)10-24-13-8-7-11(3)12(4)9-13/h7-9,14H,5-6,10H2,1-4H3,(H2,19,20,22)/t14-/m0/s1. The Bertz CT molecular complexity index is 670. The molecule has 0 aliphatic carbocycles. The molecule has 0 radical (unpaired) electrons. The van der Waals surface area contributed by atoms with Crippen LogP contribution in [0, 0.1) is 13.8 Å². The Balaban J connectivity index is 2.24. The van der Waals surface area contributed by atoms with E-state index >= 15 is 0 Å². The third kappa shape index (κ3) is 4.32. The molecule has 0 fully saturated rings. The van der Waals surface area contributed by atoms with Gasteiger partial charge in [0.1, 0.15) is 0 Å². The molecule has 130 valence electrons. The molecule has 1 heterocycles. The van der Waals surface area contributed by atoms with E-state index in [9.17, 15) is 9.59 Å². The molecule has 1 aromatic rings. The average molecular weight is 348 g/mol. The molecular weight excluding hydrogens is 324 g/mol. The van der Waals surface area contributed by atoms with E-state index in [2.05, 4.69) is 42.7 Å². The van der Waals surface area contributed by atoms with Gasteiger partial charge in [0.05, 0.1) is 18.2 Å². The number of carbonyl (C=O) groups is 2. The van der Waals surface area contributed by atoms with Gasteiger partial charge in [0, 0.05) is 16.3 Å². The molecule has 0 aromatic heterocycles. The Morgan fingerprint density at radius 2 is 2.00 bits per heavy atom. The summed E-state index contributed by atoms with van der Waals surface area (Å²) in [5.41, 5.74) is 3.62. The van der Waals surface area contributed by atoms with E-state index in [0.29, 0.717) is 30.1 Å². The molecule has 2 rings (SSSR count). The highest BCUT2D eigenvalue weighted by Crippen LogP contribution is 2.26. The van der Waals surface area contributed by atoms with Gasteiger partial charge in [-0.05, 0) is 50.5 Å². The number of esters is 1. The minimum Gasteiger partial charge on any atom is -0.463 e. The summed E-state index contributed by atoms with van der Waals surface area (Å²) in [6.45, 7) is 8.16. The van der Waals surface area contributed by atoms with Crippen molar-refractivity contribution >= 4 is 23.8 Å². The van der Waals surface area contributed by atoms with Gasteiger partial charge in [0.15, 0.2) is 0 Å². The second-order valence-electron chi connectivity index (χ2n) is 5.71. The molecule has 2 N–H and O–H groups in total. The van der Waals surface area contributed by atoms with Gasteiger partial charge < -0.3 is 15.4 Å². The second kappa shape index (κ2) is 8.24. The van der Waals surface area contributed by atoms with Crippen molar-refractivity contribution < 1.29 is 14.3 Å². The van der Waals surface area contributed by atoms with Crippen molar-refractivity contribution in [3.63, 3.8) is 0 Å². The Morgan fingerprint density at radius 3 is 2.62 bits per heavy atom. The summed E-state index contributed by atoms with van der Waals surface area (Å²) in [5, 5.41) is 5.56. The molecular formula is C18H24N2O3S. The largest absolute Gasteiger partial charge is 0.463 e. The number of hydrogen-bond donors (Lipinski definition) is 2. The van der Waals surface area contributed by atoms with Crippen LogP contribution in [0.15, 0.2) is 34.4 Å². The smallest absolute Gasteiger partial charge is 0.337 e. The van der Waals surface area contributed by atoms with Gasteiger partial charge in [-0.1, -0.05) is 13.0 Å². The van der Waals surface area contributed by atoms with Crippen molar-refractivity contribution in [3.05, 3.63) is 40.6 Å². The maximum absolute atomic E-state index is 12.3. The summed E-state index contributed by atoms with van der Waals surface area (Å²) in [4.78, 5) is 25.3. The number of nitrogens with one attached hydrogen (secondary N) is 2. The number of ether oxygens (including phenoxy) is 1. The van der Waals surface area contributed by atoms with Crippen molar-refractivity contribution in [1.82, 2.24) is 10.6 Å². The molecule has 1 aromatic carbocycles. The van der Waals surface area contributed by atoms with E-state index in [4.69, 9.17) is 4.74 Å². The number of amides is 2. The van der Waals surface area contributed by atoms with Crippen LogP contribution < -0.4 is 10.6 Å². The predicted octanol–water partition coefficient (Wildman–Crippen LogP) is 3.30. The first-order valence-corrected chi connectivity index (χ1v) is 9.12. The molecule has 1 aliphatic rings. The van der Waals surface area contributed by atoms with Crippen LogP contribution in [-0.4, -0.2) is 30.4 Å². The minimum absolute atomic E-state index is 0.273. The van der Waals surface area contributed by atoms with E-state index in [-0.39, 0.29) is 18.0 Å². The van der Waals surface area contributed by atoms with Gasteiger partial charge in [0.25, 0.3) is 0 Å². The highest BCUT2D eigenvalue weighted by atomic mass is 32.2. The molecule has 1 atom stereocenters. The zero-order chi connectivity index (χ0) is 17.7. The van der Waals surface area contributed by atoms with Gasteiger partial charge in [-0.15, -0.1) is 11.8 Å². The van der Waals surface area contributed by atoms with Gasteiger partial charge >= 0.3 is 12.0 Å². The summed E-state index contributed by atoms with van der Waals surface area (Å²) in [6.07, 6.45) is 0.638. The van der Waals surface area contributed by atoms with Crippen LogP contribution >= 0.6 is 11.8 Å². The third-order valence-corrected chi connectivity index (χ3v) is 5.03. The number of thioether (sulfide) groups is 1. The van der Waals surface area contributed by atoms with Crippen LogP contribution in [0.2, 0.25) is 0 Å². The number of benzene rings is 1. The van der Waals surface area contributed by atoms with Crippen LogP contribution in [0.25, 0.3) is 0 Å². The number of aryl methyl sites for hydroxylation is 2. The van der Waals surface area contributed by atoms with Crippen molar-refractivity contribution in [1.29, 1.82) is 0 Å². The molecule has 1 aliphatic heterocycles. The molecule has 0 saturated carbocycles. The van der Waals surface area contributed by atoms with Gasteiger partial charge in [-0.3, -0.25) is 0 Å². The van der Waals surface area contributed by atoms with E-state index in [1.165, 1.54) is 11.1 Å². The van der Waals surface area contributed by atoms with Gasteiger partial charge in [-0.2, -0.15) is 0 Å². The summed E-state index contributed by atoms with van der Waals surface area (Å²) in [6, 6.07) is 5.66. The zero-order valence-corrected chi connectivity index (χ0v) is 15.4. The Hall–Kier alpha value is -1.95. The number of carbonyl (C=O) groups excluding carboxylic acids is 2. The molecule has 5 nitrogen and oxygen atoms in total. The van der Waals surface area contributed by atoms with Crippen LogP contribution in [0.3, 0.4) is 0 Å². The Morgan fingerprint density at radius 1 is 1.25 bits per heavy atom. The summed E-state index contributed by atoms with van der Waals surface area (Å²) in [7, 11) is 0. The molecule has 0 bridgehead atoms. The normalized spacial score (nSPS) is 17.3. The first-order valence-electron chi connectivity index (χ1n) is 8.14. The third-order valence-electron chi connectivity index (χ3n) is 4.01. The lowest BCUT2D eigenvalue weighted by molar-refractivity contribution is -0.139. The summed E-state index contributed by atoms with van der Waals surface area (Å²) < 4.78 is 5.17. The quantitative estimate of drug-likeness (QED) is 0.611. The fourth-order valence-corrected chi connectivity index (χ4v) is 3.50. The van der Waals surface area contributed by atoms with E-state index < -0.39 is 0 Å². The van der Waals surface area contributed by atoms with Crippen molar-refractivity contribution in [2.45, 2.75) is 45.1 Å². The lowest BCUT2D eigenvalue weighted by Gasteiger charge is -2.28. The van der Waals surface area contributed by atoms with Gasteiger partial charge in [-0.25, -0.2) is 9.59 Å². The number of rotatable bonds is 6. The fourth-order valence-electron chi connectivity index (χ4n) is 2.53. The lowest BCUT2D eigenvalue weighted by atomic mass is 10.0. The Labute approximate surface area is 147 Å². The predicted molar refractivity (Wildman–Crippen MR) is 96.0 cm³/mol. The van der Waals surface area contributed by atoms with Crippen LogP contribution in [-0.2, 0) is 9.53 Å². The number of hydrogen-bond acceptors (Lipinski definition) is 4. The first kappa shape index (κ1) is 18.4. The molecule has 24 heavy (non-hydrogen) atoms. The average Bonchev–Trinajstić information content (AvgIpc) is 2.55. The van der Waals surface area contributed by atoms with Gasteiger partial charge in [0.2, 0.25) is 0 Å². The number of urea groups is 1. The zero-order valence-electron chi connectivity index (χ0n) is 14.6. The van der Waals surface area contributed by atoms with E-state index in [1.54, 1.807) is 18.7 Å². The summed E-state index contributed by atoms with van der Waals surface area (Å²) in [5.74, 6) is 0.146. The van der Waals surface area contributed by atoms with Crippen LogP contribution in [0.4, 0.5) is 4.79 Å². The highest BCUT2D eigenvalue weighted by molar-refractivity contribution is 7.99. The van der Waals surface area contributed by atoms with Crippen molar-refractivity contribution in [2.24, 2.45) is 0 Å². The summed E-state index contributed by atoms with van der Waals surface area (Å²) >= 11 is 1.60. The van der Waals surface area contributed by atoms with Crippen molar-refractivity contribution in [2.75, 3.05) is 12.4 Å². The SMILES string of the molecule is CCOC(=O)C1=C(CSc2ccc(C)c(C)c2)NC(=O)N[C@H]1CC. The minimum atomic E-state index is -0.368. The maximum atomic E-state index is 12.3. The monoisotopic (exact) mass is 348 g/mol.